The molecular formula is C22H26F2N2O2. The second-order valence-electron chi connectivity index (χ2n) is 7.76. The molecule has 1 heterocycles. The third-order valence-electron chi connectivity index (χ3n) is 5.76. The fourth-order valence-electron chi connectivity index (χ4n) is 4.00. The molecule has 3 unspecified atom stereocenters. The highest BCUT2D eigenvalue weighted by Crippen LogP contribution is 2.31. The Bertz CT molecular complexity index is 863. The maximum Gasteiger partial charge on any atom is 0.223 e. The Labute approximate surface area is 163 Å². The fraction of sp³-hybridized carbons (Fsp3) is 0.409. The summed E-state index contributed by atoms with van der Waals surface area (Å²) in [6.07, 6.45) is 1.41. The first-order valence-electron chi connectivity index (χ1n) is 9.51. The van der Waals surface area contributed by atoms with Crippen molar-refractivity contribution in [2.45, 2.75) is 51.3 Å². The largest absolute Gasteiger partial charge is 0.388 e. The average molecular weight is 388 g/mol. The number of carbonyl (C=O) groups is 1. The van der Waals surface area contributed by atoms with Crippen LogP contribution in [0.5, 0.6) is 0 Å². The van der Waals surface area contributed by atoms with Gasteiger partial charge >= 0.3 is 0 Å². The normalized spacial score (nSPS) is 19.5. The number of aryl methyl sites for hydroxylation is 1. The highest BCUT2D eigenvalue weighted by atomic mass is 19.1. The molecule has 0 saturated heterocycles. The Hall–Kier alpha value is -2.31. The molecule has 4 nitrogen and oxygen atoms in total. The molecule has 1 amide bonds. The molecule has 0 saturated carbocycles. The Balaban J connectivity index is 1.86. The van der Waals surface area contributed by atoms with E-state index >= 15 is 0 Å². The first-order valence-corrected chi connectivity index (χ1v) is 9.51. The van der Waals surface area contributed by atoms with E-state index in [1.54, 1.807) is 6.92 Å². The molecule has 2 aromatic carbocycles. The zero-order valence-electron chi connectivity index (χ0n) is 16.1. The Kier molecular flexibility index (Phi) is 5.82. The van der Waals surface area contributed by atoms with Gasteiger partial charge in [-0.05, 0) is 60.6 Å². The van der Waals surface area contributed by atoms with E-state index in [0.717, 1.165) is 35.7 Å². The number of hydrogen-bond donors (Lipinski definition) is 3. The lowest BCUT2D eigenvalue weighted by molar-refractivity contribution is -0.132. The summed E-state index contributed by atoms with van der Waals surface area (Å²) in [6, 6.07) is 8.96. The molecule has 0 aromatic heterocycles. The van der Waals surface area contributed by atoms with Crippen molar-refractivity contribution in [3.63, 3.8) is 0 Å². The fourth-order valence-corrected chi connectivity index (χ4v) is 4.00. The predicted octanol–water partition coefficient (Wildman–Crippen LogP) is 2.64. The van der Waals surface area contributed by atoms with Crippen molar-refractivity contribution >= 4 is 5.91 Å². The summed E-state index contributed by atoms with van der Waals surface area (Å²) >= 11 is 0. The number of nitrogens with two attached hydrogens (primary N) is 1. The second kappa shape index (κ2) is 7.97. The summed E-state index contributed by atoms with van der Waals surface area (Å²) in [7, 11) is 0. The minimum atomic E-state index is -1.49. The van der Waals surface area contributed by atoms with E-state index < -0.39 is 35.1 Å². The number of nitrogens with one attached hydrogen (secondary N) is 1. The van der Waals surface area contributed by atoms with E-state index in [1.165, 1.54) is 5.56 Å². The lowest BCUT2D eigenvalue weighted by atomic mass is 9.75. The van der Waals surface area contributed by atoms with Gasteiger partial charge in [0, 0.05) is 18.7 Å². The molecule has 150 valence electrons. The number of hydrogen-bond acceptors (Lipinski definition) is 3. The van der Waals surface area contributed by atoms with Crippen LogP contribution in [-0.4, -0.2) is 22.7 Å². The van der Waals surface area contributed by atoms with Gasteiger partial charge in [0.15, 0.2) is 0 Å². The van der Waals surface area contributed by atoms with Crippen LogP contribution in [0.4, 0.5) is 8.78 Å². The van der Waals surface area contributed by atoms with Crippen LogP contribution in [0.1, 0.15) is 36.1 Å². The zero-order valence-corrected chi connectivity index (χ0v) is 16.1. The first-order chi connectivity index (χ1) is 13.2. The number of rotatable bonds is 6. The quantitative estimate of drug-likeness (QED) is 0.712. The van der Waals surface area contributed by atoms with Crippen molar-refractivity contribution in [3.05, 3.63) is 70.3 Å². The molecule has 0 fully saturated rings. The molecule has 28 heavy (non-hydrogen) atoms. The molecule has 1 aliphatic heterocycles. The summed E-state index contributed by atoms with van der Waals surface area (Å²) in [5.74, 6) is -3.16. The highest BCUT2D eigenvalue weighted by molar-refractivity contribution is 5.78. The van der Waals surface area contributed by atoms with Gasteiger partial charge in [-0.25, -0.2) is 8.78 Å². The van der Waals surface area contributed by atoms with Gasteiger partial charge < -0.3 is 16.2 Å². The summed E-state index contributed by atoms with van der Waals surface area (Å²) in [6.45, 7) is 4.21. The second-order valence-corrected chi connectivity index (χ2v) is 7.76. The zero-order chi connectivity index (χ0) is 20.5. The minimum Gasteiger partial charge on any atom is -0.388 e. The maximum absolute atomic E-state index is 13.5. The van der Waals surface area contributed by atoms with Gasteiger partial charge in [0.25, 0.3) is 0 Å². The molecular weight excluding hydrogens is 362 g/mol. The Morgan fingerprint density at radius 1 is 1.21 bits per heavy atom. The lowest BCUT2D eigenvalue weighted by Crippen LogP contribution is -2.59. The summed E-state index contributed by atoms with van der Waals surface area (Å²) in [5.41, 5.74) is 7.87. The number of halogens is 2. The number of primary amides is 1. The van der Waals surface area contributed by atoms with Crippen LogP contribution in [0.2, 0.25) is 0 Å². The van der Waals surface area contributed by atoms with E-state index in [1.807, 2.05) is 0 Å². The van der Waals surface area contributed by atoms with Gasteiger partial charge in [-0.3, -0.25) is 4.79 Å². The number of benzene rings is 2. The summed E-state index contributed by atoms with van der Waals surface area (Å²) in [5, 5.41) is 14.6. The smallest absolute Gasteiger partial charge is 0.223 e. The molecule has 2 aromatic rings. The van der Waals surface area contributed by atoms with E-state index in [2.05, 4.69) is 30.4 Å². The topological polar surface area (TPSA) is 75.3 Å². The van der Waals surface area contributed by atoms with Gasteiger partial charge in [-0.2, -0.15) is 0 Å². The van der Waals surface area contributed by atoms with Crippen molar-refractivity contribution in [2.75, 3.05) is 0 Å². The highest BCUT2D eigenvalue weighted by Gasteiger charge is 2.44. The van der Waals surface area contributed by atoms with Crippen LogP contribution in [0.15, 0.2) is 36.4 Å². The minimum absolute atomic E-state index is 0.0446. The third kappa shape index (κ3) is 4.23. The van der Waals surface area contributed by atoms with Crippen molar-refractivity contribution in [2.24, 2.45) is 11.7 Å². The van der Waals surface area contributed by atoms with Crippen LogP contribution in [-0.2, 0) is 30.6 Å². The molecule has 0 aliphatic carbocycles. The Morgan fingerprint density at radius 3 is 2.50 bits per heavy atom. The van der Waals surface area contributed by atoms with E-state index in [9.17, 15) is 18.7 Å². The van der Waals surface area contributed by atoms with Crippen LogP contribution >= 0.6 is 0 Å². The lowest BCUT2D eigenvalue weighted by Gasteiger charge is -2.41. The number of fused-ring (bicyclic) bond motifs is 1. The average Bonchev–Trinajstić information content (AvgIpc) is 2.64. The molecule has 0 bridgehead atoms. The Morgan fingerprint density at radius 2 is 1.89 bits per heavy atom. The first kappa shape index (κ1) is 20.4. The van der Waals surface area contributed by atoms with Gasteiger partial charge in [0.2, 0.25) is 5.91 Å². The molecule has 6 heteroatoms. The standard InChI is InChI=1S/C22H26F2N2O2/c1-3-13-4-5-15-12-26-20(10-16(15)6-13)22(2,28)19(21(25)27)9-14-7-17(23)11-18(24)8-14/h4-8,11,19-20,26,28H,3,9-10,12H2,1-2H3,(H2,25,27). The van der Waals surface area contributed by atoms with Crippen LogP contribution < -0.4 is 11.1 Å². The molecule has 0 radical (unpaired) electrons. The van der Waals surface area contributed by atoms with E-state index in [4.69, 9.17) is 5.73 Å². The summed E-state index contributed by atoms with van der Waals surface area (Å²) in [4.78, 5) is 12.2. The van der Waals surface area contributed by atoms with Crippen molar-refractivity contribution < 1.29 is 18.7 Å². The maximum atomic E-state index is 13.5. The molecule has 1 aliphatic rings. The monoisotopic (exact) mass is 388 g/mol. The van der Waals surface area contributed by atoms with Gasteiger partial charge in [0.1, 0.15) is 11.6 Å². The van der Waals surface area contributed by atoms with Gasteiger partial charge in [-0.1, -0.05) is 25.1 Å². The third-order valence-corrected chi connectivity index (χ3v) is 5.76. The van der Waals surface area contributed by atoms with Crippen molar-refractivity contribution in [1.82, 2.24) is 5.32 Å². The summed E-state index contributed by atoms with van der Waals surface area (Å²) < 4.78 is 27.1. The predicted molar refractivity (Wildman–Crippen MR) is 104 cm³/mol. The SMILES string of the molecule is CCc1ccc2c(c1)CC(C(C)(O)C(Cc1cc(F)cc(F)c1)C(N)=O)NC2. The van der Waals surface area contributed by atoms with Gasteiger partial charge in [0.05, 0.1) is 11.5 Å². The molecule has 3 rings (SSSR count). The molecule has 3 atom stereocenters. The van der Waals surface area contributed by atoms with Crippen molar-refractivity contribution in [1.29, 1.82) is 0 Å². The molecule has 0 spiro atoms. The number of carbonyl (C=O) groups excluding carboxylic acids is 1. The van der Waals surface area contributed by atoms with Gasteiger partial charge in [-0.15, -0.1) is 0 Å². The van der Waals surface area contributed by atoms with E-state index in [-0.39, 0.29) is 12.0 Å². The van der Waals surface area contributed by atoms with Crippen LogP contribution in [0, 0.1) is 17.6 Å². The van der Waals surface area contributed by atoms with Crippen LogP contribution in [0.25, 0.3) is 0 Å². The number of aliphatic hydroxyl groups is 1. The van der Waals surface area contributed by atoms with Crippen molar-refractivity contribution in [3.8, 4) is 0 Å². The van der Waals surface area contributed by atoms with E-state index in [0.29, 0.717) is 13.0 Å². The number of amides is 1. The van der Waals surface area contributed by atoms with Crippen LogP contribution in [0.3, 0.4) is 0 Å². The molecule has 4 N–H and O–H groups in total.